The molecule has 1 aromatic rings. The van der Waals surface area contributed by atoms with Crippen LogP contribution in [-0.4, -0.2) is 38.9 Å². The number of rotatable bonds is 4. The van der Waals surface area contributed by atoms with Crippen LogP contribution in [-0.2, 0) is 10.0 Å². The fourth-order valence-electron chi connectivity index (χ4n) is 2.43. The van der Waals surface area contributed by atoms with E-state index >= 15 is 0 Å². The van der Waals surface area contributed by atoms with Crippen molar-refractivity contribution in [2.75, 3.05) is 20.1 Å². The highest BCUT2D eigenvalue weighted by atomic mass is 32.2. The number of sulfonamides is 1. The van der Waals surface area contributed by atoms with Gasteiger partial charge in [0.1, 0.15) is 5.82 Å². The van der Waals surface area contributed by atoms with Gasteiger partial charge in [-0.25, -0.2) is 12.8 Å². The smallest absolute Gasteiger partial charge is 0.243 e. The average Bonchev–Trinajstić information content (AvgIpc) is 2.82. The van der Waals surface area contributed by atoms with Gasteiger partial charge in [0, 0.05) is 19.1 Å². The summed E-state index contributed by atoms with van der Waals surface area (Å²) in [5.74, 6) is -0.481. The molecule has 4 nitrogen and oxygen atoms in total. The van der Waals surface area contributed by atoms with Crippen molar-refractivity contribution in [3.05, 3.63) is 29.6 Å². The number of halogens is 1. The van der Waals surface area contributed by atoms with E-state index in [-0.39, 0.29) is 10.9 Å². The maximum absolute atomic E-state index is 13.5. The topological polar surface area (TPSA) is 49.4 Å². The van der Waals surface area contributed by atoms with Crippen LogP contribution in [0, 0.1) is 12.7 Å². The van der Waals surface area contributed by atoms with E-state index in [0.29, 0.717) is 18.7 Å². The number of benzene rings is 1. The van der Waals surface area contributed by atoms with Crippen LogP contribution in [0.4, 0.5) is 4.39 Å². The standard InChI is InChI=1S/C13H19FN2O2S/c1-10-5-6-12(8-13(10)14)19(17,18)16-7-3-4-11(16)9-15-2/h5-6,8,11,15H,3-4,7,9H2,1-2H3. The van der Waals surface area contributed by atoms with Crippen molar-refractivity contribution in [2.45, 2.75) is 30.7 Å². The third-order valence-electron chi connectivity index (χ3n) is 3.51. The monoisotopic (exact) mass is 286 g/mol. The molecule has 19 heavy (non-hydrogen) atoms. The molecule has 1 aliphatic rings. The van der Waals surface area contributed by atoms with Gasteiger partial charge in [0.2, 0.25) is 10.0 Å². The minimum absolute atomic E-state index is 0.0404. The summed E-state index contributed by atoms with van der Waals surface area (Å²) in [6.07, 6.45) is 1.69. The Bertz CT molecular complexity index is 560. The molecule has 1 unspecified atom stereocenters. The zero-order chi connectivity index (χ0) is 14.0. The van der Waals surface area contributed by atoms with Crippen LogP contribution in [0.5, 0.6) is 0 Å². The molecule has 0 aliphatic carbocycles. The summed E-state index contributed by atoms with van der Waals surface area (Å²) in [6, 6.07) is 4.05. The highest BCUT2D eigenvalue weighted by Crippen LogP contribution is 2.26. The fourth-order valence-corrected chi connectivity index (χ4v) is 4.14. The van der Waals surface area contributed by atoms with Gasteiger partial charge in [0.15, 0.2) is 0 Å². The molecule has 0 saturated carbocycles. The van der Waals surface area contributed by atoms with Gasteiger partial charge in [-0.15, -0.1) is 0 Å². The second kappa shape index (κ2) is 5.56. The zero-order valence-electron chi connectivity index (χ0n) is 11.2. The number of hydrogen-bond donors (Lipinski definition) is 1. The highest BCUT2D eigenvalue weighted by Gasteiger charge is 2.34. The Kier molecular flexibility index (Phi) is 4.23. The Balaban J connectivity index is 2.33. The van der Waals surface area contributed by atoms with Crippen molar-refractivity contribution >= 4 is 10.0 Å². The first-order valence-corrected chi connectivity index (χ1v) is 7.83. The summed E-state index contributed by atoms with van der Waals surface area (Å²) in [5, 5.41) is 3.00. The van der Waals surface area contributed by atoms with Gasteiger partial charge in [0.25, 0.3) is 0 Å². The Labute approximate surface area is 113 Å². The van der Waals surface area contributed by atoms with Gasteiger partial charge in [-0.05, 0) is 44.5 Å². The first kappa shape index (κ1) is 14.4. The van der Waals surface area contributed by atoms with Crippen molar-refractivity contribution < 1.29 is 12.8 Å². The molecule has 1 saturated heterocycles. The van der Waals surface area contributed by atoms with E-state index in [4.69, 9.17) is 0 Å². The molecular formula is C13H19FN2O2S. The third-order valence-corrected chi connectivity index (χ3v) is 5.46. The van der Waals surface area contributed by atoms with Gasteiger partial charge in [-0.3, -0.25) is 0 Å². The number of hydrogen-bond acceptors (Lipinski definition) is 3. The Morgan fingerprint density at radius 2 is 2.21 bits per heavy atom. The van der Waals surface area contributed by atoms with E-state index in [1.807, 2.05) is 0 Å². The first-order valence-electron chi connectivity index (χ1n) is 6.39. The summed E-state index contributed by atoms with van der Waals surface area (Å²) < 4.78 is 40.1. The molecular weight excluding hydrogens is 267 g/mol. The minimum atomic E-state index is -3.60. The summed E-state index contributed by atoms with van der Waals surface area (Å²) in [6.45, 7) is 2.74. The van der Waals surface area contributed by atoms with Crippen molar-refractivity contribution in [3.63, 3.8) is 0 Å². The van der Waals surface area contributed by atoms with Crippen LogP contribution < -0.4 is 5.32 Å². The van der Waals surface area contributed by atoms with Crippen molar-refractivity contribution in [1.82, 2.24) is 9.62 Å². The maximum Gasteiger partial charge on any atom is 0.243 e. The SMILES string of the molecule is CNCC1CCCN1S(=O)(=O)c1ccc(C)c(F)c1. The minimum Gasteiger partial charge on any atom is -0.318 e. The average molecular weight is 286 g/mol. The van der Waals surface area contributed by atoms with E-state index in [2.05, 4.69) is 5.32 Å². The molecule has 0 bridgehead atoms. The Morgan fingerprint density at radius 3 is 2.84 bits per heavy atom. The lowest BCUT2D eigenvalue weighted by atomic mass is 10.2. The lowest BCUT2D eigenvalue weighted by Crippen LogP contribution is -2.40. The second-order valence-corrected chi connectivity index (χ2v) is 6.77. The molecule has 1 heterocycles. The van der Waals surface area contributed by atoms with Gasteiger partial charge in [0.05, 0.1) is 4.90 Å². The van der Waals surface area contributed by atoms with Crippen LogP contribution in [0.2, 0.25) is 0 Å². The largest absolute Gasteiger partial charge is 0.318 e. The molecule has 1 aliphatic heterocycles. The van der Waals surface area contributed by atoms with E-state index in [9.17, 15) is 12.8 Å². The fraction of sp³-hybridized carbons (Fsp3) is 0.538. The maximum atomic E-state index is 13.5. The normalized spacial score (nSPS) is 20.9. The number of nitrogens with one attached hydrogen (secondary N) is 1. The lowest BCUT2D eigenvalue weighted by Gasteiger charge is -2.24. The molecule has 1 fully saturated rings. The van der Waals surface area contributed by atoms with Crippen LogP contribution in [0.15, 0.2) is 23.1 Å². The Morgan fingerprint density at radius 1 is 1.47 bits per heavy atom. The summed E-state index contributed by atoms with van der Waals surface area (Å²) >= 11 is 0. The molecule has 2 rings (SSSR count). The van der Waals surface area contributed by atoms with E-state index in [1.165, 1.54) is 16.4 Å². The molecule has 0 aromatic heterocycles. The first-order chi connectivity index (χ1) is 8.96. The second-order valence-electron chi connectivity index (χ2n) is 4.88. The Hall–Kier alpha value is -0.980. The van der Waals surface area contributed by atoms with Gasteiger partial charge >= 0.3 is 0 Å². The number of likely N-dealkylation sites (N-methyl/N-ethyl adjacent to an activating group) is 1. The summed E-state index contributed by atoms with van der Waals surface area (Å²) in [7, 11) is -1.80. The van der Waals surface area contributed by atoms with E-state index in [1.54, 1.807) is 14.0 Å². The summed E-state index contributed by atoms with van der Waals surface area (Å²) in [4.78, 5) is 0.0404. The highest BCUT2D eigenvalue weighted by molar-refractivity contribution is 7.89. The predicted molar refractivity (Wildman–Crippen MR) is 72.0 cm³/mol. The molecule has 0 spiro atoms. The van der Waals surface area contributed by atoms with Crippen molar-refractivity contribution in [1.29, 1.82) is 0 Å². The molecule has 6 heteroatoms. The van der Waals surface area contributed by atoms with Crippen molar-refractivity contribution in [3.8, 4) is 0 Å². The van der Waals surface area contributed by atoms with Crippen LogP contribution in [0.25, 0.3) is 0 Å². The predicted octanol–water partition coefficient (Wildman–Crippen LogP) is 1.51. The molecule has 1 aromatic carbocycles. The lowest BCUT2D eigenvalue weighted by molar-refractivity contribution is 0.379. The van der Waals surface area contributed by atoms with Gasteiger partial charge in [-0.1, -0.05) is 6.07 Å². The van der Waals surface area contributed by atoms with E-state index < -0.39 is 15.8 Å². The quantitative estimate of drug-likeness (QED) is 0.912. The molecule has 1 atom stereocenters. The van der Waals surface area contributed by atoms with Gasteiger partial charge < -0.3 is 5.32 Å². The van der Waals surface area contributed by atoms with Crippen molar-refractivity contribution in [2.24, 2.45) is 0 Å². The zero-order valence-corrected chi connectivity index (χ0v) is 12.0. The summed E-state index contributed by atoms with van der Waals surface area (Å²) in [5.41, 5.74) is 0.451. The molecule has 0 amide bonds. The van der Waals surface area contributed by atoms with Gasteiger partial charge in [-0.2, -0.15) is 4.31 Å². The molecule has 106 valence electrons. The number of nitrogens with zero attached hydrogens (tertiary/aromatic N) is 1. The number of aryl methyl sites for hydroxylation is 1. The van der Waals surface area contributed by atoms with Crippen LogP contribution in [0.1, 0.15) is 18.4 Å². The van der Waals surface area contributed by atoms with E-state index in [0.717, 1.165) is 18.9 Å². The van der Waals surface area contributed by atoms with Crippen LogP contribution in [0.3, 0.4) is 0 Å². The molecule has 1 N–H and O–H groups in total. The molecule has 0 radical (unpaired) electrons. The third kappa shape index (κ3) is 2.80. The van der Waals surface area contributed by atoms with Crippen LogP contribution >= 0.6 is 0 Å².